The molecule has 10 heteroatoms. The highest BCUT2D eigenvalue weighted by Crippen LogP contribution is 2.32. The maximum atomic E-state index is 12.5. The van der Waals surface area contributed by atoms with Gasteiger partial charge in [-0.25, -0.2) is 22.9 Å². The molecule has 4 rings (SSSR count). The van der Waals surface area contributed by atoms with Crippen LogP contribution in [0.2, 0.25) is 0 Å². The van der Waals surface area contributed by atoms with E-state index in [1.54, 1.807) is 35.9 Å². The van der Waals surface area contributed by atoms with E-state index < -0.39 is 15.8 Å². The second kappa shape index (κ2) is 9.47. The highest BCUT2D eigenvalue weighted by molar-refractivity contribution is 7.90. The fourth-order valence-electron chi connectivity index (χ4n) is 3.50. The molecule has 0 aliphatic heterocycles. The summed E-state index contributed by atoms with van der Waals surface area (Å²) in [4.78, 5) is 17.3. The van der Waals surface area contributed by atoms with Crippen LogP contribution >= 0.6 is 11.5 Å². The molecule has 0 bridgehead atoms. The molecule has 2 aromatic heterocycles. The van der Waals surface area contributed by atoms with E-state index in [1.165, 1.54) is 6.07 Å². The zero-order valence-electron chi connectivity index (χ0n) is 19.2. The molecule has 2 aromatic carbocycles. The van der Waals surface area contributed by atoms with Crippen molar-refractivity contribution in [2.75, 3.05) is 12.9 Å². The lowest BCUT2D eigenvalue weighted by Crippen LogP contribution is -2.08. The van der Waals surface area contributed by atoms with Crippen molar-refractivity contribution in [1.29, 1.82) is 0 Å². The smallest absolute Gasteiger partial charge is 0.358 e. The second-order valence-electron chi connectivity index (χ2n) is 7.98. The fraction of sp³-hybridized carbons (Fsp3) is 0.250. The minimum atomic E-state index is -3.36. The fourth-order valence-corrected chi connectivity index (χ4v) is 4.85. The standard InChI is InChI=1S/C24H24N4O4S2/c1-5-32-24(29)19-14-21(28(26-19)20-12-7-6-11-18(20)15(2)3)23-25-22(27-33-23)16-9-8-10-17(13-16)34(4,30)31/h6-15H,5H2,1-4H3. The molecule has 0 aliphatic carbocycles. The Morgan fingerprint density at radius 2 is 1.88 bits per heavy atom. The summed E-state index contributed by atoms with van der Waals surface area (Å²) in [7, 11) is -3.36. The number of nitrogens with zero attached hydrogens (tertiary/aromatic N) is 4. The van der Waals surface area contributed by atoms with Crippen LogP contribution < -0.4 is 0 Å². The molecule has 0 atom stereocenters. The largest absolute Gasteiger partial charge is 0.461 e. The second-order valence-corrected chi connectivity index (χ2v) is 10.8. The molecule has 34 heavy (non-hydrogen) atoms. The Bertz CT molecular complexity index is 1460. The van der Waals surface area contributed by atoms with Crippen LogP contribution in [0, 0.1) is 0 Å². The molecule has 0 N–H and O–H groups in total. The molecule has 0 radical (unpaired) electrons. The zero-order valence-corrected chi connectivity index (χ0v) is 20.9. The number of esters is 1. The van der Waals surface area contributed by atoms with Crippen molar-refractivity contribution in [3.63, 3.8) is 0 Å². The SMILES string of the molecule is CCOC(=O)c1cc(-c2nc(-c3cccc(S(C)(=O)=O)c3)ns2)n(-c2ccccc2C(C)C)n1. The molecule has 8 nitrogen and oxygen atoms in total. The topological polar surface area (TPSA) is 104 Å². The van der Waals surface area contributed by atoms with Crippen LogP contribution in [-0.4, -0.2) is 46.4 Å². The highest BCUT2D eigenvalue weighted by atomic mass is 32.2. The Kier molecular flexibility index (Phi) is 6.63. The van der Waals surface area contributed by atoms with Crippen molar-refractivity contribution in [2.45, 2.75) is 31.6 Å². The van der Waals surface area contributed by atoms with Gasteiger partial charge in [-0.15, -0.1) is 0 Å². The number of hydrogen-bond donors (Lipinski definition) is 0. The first kappa shape index (κ1) is 23.8. The van der Waals surface area contributed by atoms with E-state index in [0.29, 0.717) is 22.1 Å². The number of para-hydroxylation sites is 1. The van der Waals surface area contributed by atoms with Crippen LogP contribution in [-0.2, 0) is 14.6 Å². The van der Waals surface area contributed by atoms with Gasteiger partial charge in [-0.3, -0.25) is 0 Å². The lowest BCUT2D eigenvalue weighted by atomic mass is 10.0. The quantitative estimate of drug-likeness (QED) is 0.340. The van der Waals surface area contributed by atoms with E-state index in [0.717, 1.165) is 29.0 Å². The Balaban J connectivity index is 1.84. The van der Waals surface area contributed by atoms with Gasteiger partial charge in [0.15, 0.2) is 26.4 Å². The average Bonchev–Trinajstić information content (AvgIpc) is 3.46. The van der Waals surface area contributed by atoms with Gasteiger partial charge in [-0.1, -0.05) is 44.2 Å². The molecule has 0 aliphatic rings. The van der Waals surface area contributed by atoms with E-state index >= 15 is 0 Å². The van der Waals surface area contributed by atoms with Crippen LogP contribution in [0.15, 0.2) is 59.5 Å². The molecule has 176 valence electrons. The maximum absolute atomic E-state index is 12.5. The van der Waals surface area contributed by atoms with Crippen molar-refractivity contribution in [3.8, 4) is 27.8 Å². The van der Waals surface area contributed by atoms with Crippen LogP contribution in [0.4, 0.5) is 0 Å². The number of hydrogen-bond acceptors (Lipinski definition) is 8. The van der Waals surface area contributed by atoms with Gasteiger partial charge in [0.05, 0.1) is 17.2 Å². The predicted molar refractivity (Wildman–Crippen MR) is 131 cm³/mol. The van der Waals surface area contributed by atoms with E-state index in [-0.39, 0.29) is 23.1 Å². The molecule has 0 unspecified atom stereocenters. The highest BCUT2D eigenvalue weighted by Gasteiger charge is 2.22. The van der Waals surface area contributed by atoms with E-state index in [9.17, 15) is 13.2 Å². The van der Waals surface area contributed by atoms with Gasteiger partial charge in [0.1, 0.15) is 5.69 Å². The van der Waals surface area contributed by atoms with Crippen molar-refractivity contribution in [1.82, 2.24) is 19.1 Å². The Labute approximate surface area is 202 Å². The molecule has 2 heterocycles. The number of carbonyl (C=O) groups excluding carboxylic acids is 1. The number of sulfone groups is 1. The minimum absolute atomic E-state index is 0.172. The summed E-state index contributed by atoms with van der Waals surface area (Å²) in [6.45, 7) is 6.16. The Hall–Kier alpha value is -3.37. The predicted octanol–water partition coefficient (Wildman–Crippen LogP) is 4.76. The first-order valence-electron chi connectivity index (χ1n) is 10.7. The number of carbonyl (C=O) groups is 1. The monoisotopic (exact) mass is 496 g/mol. The first-order chi connectivity index (χ1) is 16.2. The molecule has 0 spiro atoms. The number of benzene rings is 2. The third kappa shape index (κ3) is 4.78. The van der Waals surface area contributed by atoms with Gasteiger partial charge < -0.3 is 4.74 Å². The molecular formula is C24H24N4O4S2. The van der Waals surface area contributed by atoms with Gasteiger partial charge >= 0.3 is 5.97 Å². The number of aromatic nitrogens is 4. The van der Waals surface area contributed by atoms with Crippen LogP contribution in [0.5, 0.6) is 0 Å². The molecule has 0 amide bonds. The van der Waals surface area contributed by atoms with E-state index in [4.69, 9.17) is 4.74 Å². The van der Waals surface area contributed by atoms with Gasteiger partial charge in [-0.2, -0.15) is 9.47 Å². The summed E-state index contributed by atoms with van der Waals surface area (Å²) in [5.41, 5.74) is 3.25. The van der Waals surface area contributed by atoms with Crippen molar-refractivity contribution < 1.29 is 17.9 Å². The number of rotatable bonds is 7. The molecule has 0 saturated carbocycles. The Morgan fingerprint density at radius 3 is 2.59 bits per heavy atom. The van der Waals surface area contributed by atoms with Gasteiger partial charge in [0.2, 0.25) is 0 Å². The summed E-state index contributed by atoms with van der Waals surface area (Å²) in [5.74, 6) is 0.103. The summed E-state index contributed by atoms with van der Waals surface area (Å²) in [5, 5.41) is 5.09. The summed E-state index contributed by atoms with van der Waals surface area (Å²) >= 11 is 1.15. The van der Waals surface area contributed by atoms with Crippen LogP contribution in [0.3, 0.4) is 0 Å². The summed E-state index contributed by atoms with van der Waals surface area (Å²) < 4.78 is 35.2. The first-order valence-corrected chi connectivity index (χ1v) is 13.4. The van der Waals surface area contributed by atoms with E-state index in [2.05, 4.69) is 28.3 Å². The molecule has 0 saturated heterocycles. The minimum Gasteiger partial charge on any atom is -0.461 e. The Morgan fingerprint density at radius 1 is 1.12 bits per heavy atom. The lowest BCUT2D eigenvalue weighted by Gasteiger charge is -2.14. The third-order valence-electron chi connectivity index (χ3n) is 5.15. The van der Waals surface area contributed by atoms with Crippen LogP contribution in [0.1, 0.15) is 42.7 Å². The van der Waals surface area contributed by atoms with Gasteiger partial charge in [0.25, 0.3) is 0 Å². The maximum Gasteiger partial charge on any atom is 0.358 e. The van der Waals surface area contributed by atoms with Crippen molar-refractivity contribution in [2.24, 2.45) is 0 Å². The normalized spacial score (nSPS) is 11.7. The van der Waals surface area contributed by atoms with Gasteiger partial charge in [-0.05, 0) is 48.1 Å². The number of ether oxygens (including phenoxy) is 1. The average molecular weight is 497 g/mol. The van der Waals surface area contributed by atoms with E-state index in [1.807, 2.05) is 24.3 Å². The van der Waals surface area contributed by atoms with Crippen molar-refractivity contribution in [3.05, 3.63) is 65.9 Å². The van der Waals surface area contributed by atoms with Gasteiger partial charge in [0, 0.05) is 17.9 Å². The molecule has 4 aromatic rings. The summed E-state index contributed by atoms with van der Waals surface area (Å²) in [6.07, 6.45) is 1.16. The molecule has 0 fully saturated rings. The van der Waals surface area contributed by atoms with Crippen LogP contribution in [0.25, 0.3) is 27.8 Å². The lowest BCUT2D eigenvalue weighted by molar-refractivity contribution is 0.0519. The zero-order chi connectivity index (χ0) is 24.5. The third-order valence-corrected chi connectivity index (χ3v) is 6.99. The molecular weight excluding hydrogens is 472 g/mol. The summed E-state index contributed by atoms with van der Waals surface area (Å²) in [6, 6.07) is 16.0. The van der Waals surface area contributed by atoms with Crippen molar-refractivity contribution >= 4 is 27.3 Å².